The molecule has 0 saturated heterocycles. The van der Waals surface area contributed by atoms with Gasteiger partial charge in [0, 0.05) is 11.5 Å². The quantitative estimate of drug-likeness (QED) is 0.582. The van der Waals surface area contributed by atoms with E-state index < -0.39 is 0 Å². The van der Waals surface area contributed by atoms with Crippen LogP contribution < -0.4 is 11.6 Å². The number of aliphatic hydroxyl groups excluding tert-OH is 1. The number of nitrogens with zero attached hydrogens (tertiary/aromatic N) is 2. The largest absolute Gasteiger partial charge is 0.395 e. The van der Waals surface area contributed by atoms with Crippen LogP contribution in [0.1, 0.15) is 25.2 Å². The van der Waals surface area contributed by atoms with Crippen molar-refractivity contribution in [3.05, 3.63) is 33.7 Å². The number of hydrazine groups is 1. The van der Waals surface area contributed by atoms with Crippen LogP contribution in [0.5, 0.6) is 0 Å². The van der Waals surface area contributed by atoms with Crippen molar-refractivity contribution < 1.29 is 5.11 Å². The Morgan fingerprint density at radius 1 is 1.44 bits per heavy atom. The second-order valence-electron chi connectivity index (χ2n) is 3.39. The Kier molecular flexibility index (Phi) is 7.58. The zero-order valence-corrected chi connectivity index (χ0v) is 12.8. The molecule has 6 heteroatoms. The molecule has 0 saturated carbocycles. The van der Waals surface area contributed by atoms with Crippen LogP contribution in [-0.2, 0) is 0 Å². The summed E-state index contributed by atoms with van der Waals surface area (Å²) < 4.78 is 0.913. The van der Waals surface area contributed by atoms with Gasteiger partial charge in [0.1, 0.15) is 0 Å². The van der Waals surface area contributed by atoms with Gasteiger partial charge in [-0.15, -0.1) is 0 Å². The lowest BCUT2D eigenvalue weighted by molar-refractivity contribution is 0.278. The van der Waals surface area contributed by atoms with Gasteiger partial charge < -0.3 is 15.8 Å². The predicted octanol–water partition coefficient (Wildman–Crippen LogP) is 1.60. The second kappa shape index (κ2) is 8.07. The van der Waals surface area contributed by atoms with E-state index in [9.17, 15) is 0 Å². The van der Waals surface area contributed by atoms with Crippen LogP contribution in [0, 0.1) is 6.92 Å². The van der Waals surface area contributed by atoms with Crippen LogP contribution in [-0.4, -0.2) is 28.8 Å². The molecule has 0 fully saturated rings. The first-order chi connectivity index (χ1) is 8.47. The molecule has 0 unspecified atom stereocenters. The maximum Gasteiger partial charge on any atom is 0.0882 e. The first-order valence-corrected chi connectivity index (χ1v) is 6.48. The molecule has 18 heavy (non-hydrogen) atoms. The standard InChI is InChI=1S/C10H15BrN4O.C2H6/c1-6-7(11)3-4-8(14-6)10(12)9(5-16)15(2)13;1-2/h3-4,16H,5,12-13H2,1-2H3;1-2H3/b10-9-;. The van der Waals surface area contributed by atoms with Gasteiger partial charge >= 0.3 is 0 Å². The fourth-order valence-electron chi connectivity index (χ4n) is 1.23. The highest BCUT2D eigenvalue weighted by Crippen LogP contribution is 2.18. The number of aliphatic hydroxyl groups is 1. The van der Waals surface area contributed by atoms with Crippen molar-refractivity contribution in [2.75, 3.05) is 13.7 Å². The Morgan fingerprint density at radius 2 is 2.00 bits per heavy atom. The Balaban J connectivity index is 0.00000137. The molecule has 0 aliphatic heterocycles. The van der Waals surface area contributed by atoms with Gasteiger partial charge in [-0.3, -0.25) is 4.98 Å². The third kappa shape index (κ3) is 4.29. The Hall–Kier alpha value is -1.11. The molecule has 102 valence electrons. The van der Waals surface area contributed by atoms with Crippen molar-refractivity contribution in [2.45, 2.75) is 20.8 Å². The molecule has 1 aromatic rings. The maximum absolute atomic E-state index is 9.16. The van der Waals surface area contributed by atoms with Crippen LogP contribution in [0.2, 0.25) is 0 Å². The fourth-order valence-corrected chi connectivity index (χ4v) is 1.45. The molecule has 0 aromatic carbocycles. The normalized spacial score (nSPS) is 11.3. The van der Waals surface area contributed by atoms with Gasteiger partial charge in [0.15, 0.2) is 0 Å². The van der Waals surface area contributed by atoms with Crippen molar-refractivity contribution >= 4 is 21.6 Å². The van der Waals surface area contributed by atoms with Gasteiger partial charge in [-0.1, -0.05) is 13.8 Å². The van der Waals surface area contributed by atoms with E-state index in [0.717, 1.165) is 10.2 Å². The first kappa shape index (κ1) is 16.9. The monoisotopic (exact) mass is 316 g/mol. The first-order valence-electron chi connectivity index (χ1n) is 5.68. The average molecular weight is 317 g/mol. The molecule has 0 aliphatic carbocycles. The van der Waals surface area contributed by atoms with E-state index in [1.807, 2.05) is 26.8 Å². The van der Waals surface area contributed by atoms with Gasteiger partial charge in [-0.05, 0) is 35.0 Å². The molecule has 0 amide bonds. The number of nitrogens with two attached hydrogens (primary N) is 2. The zero-order valence-electron chi connectivity index (χ0n) is 11.2. The minimum absolute atomic E-state index is 0.227. The summed E-state index contributed by atoms with van der Waals surface area (Å²) in [7, 11) is 1.62. The number of likely N-dealkylation sites (N-methyl/N-ethyl adjacent to an activating group) is 1. The number of pyridine rings is 1. The number of rotatable bonds is 3. The van der Waals surface area contributed by atoms with Gasteiger partial charge in [-0.2, -0.15) is 0 Å². The number of aromatic nitrogens is 1. The van der Waals surface area contributed by atoms with Crippen LogP contribution >= 0.6 is 15.9 Å². The molecule has 0 radical (unpaired) electrons. The second-order valence-corrected chi connectivity index (χ2v) is 4.25. The van der Waals surface area contributed by atoms with E-state index in [2.05, 4.69) is 20.9 Å². The lowest BCUT2D eigenvalue weighted by Crippen LogP contribution is -2.29. The van der Waals surface area contributed by atoms with Crippen LogP contribution in [0.4, 0.5) is 0 Å². The molecule has 0 spiro atoms. The van der Waals surface area contributed by atoms with E-state index in [1.165, 1.54) is 5.01 Å². The Labute approximate surface area is 117 Å². The maximum atomic E-state index is 9.16. The summed E-state index contributed by atoms with van der Waals surface area (Å²) in [5, 5.41) is 10.4. The lowest BCUT2D eigenvalue weighted by Gasteiger charge is -2.17. The number of hydrogen-bond donors (Lipinski definition) is 3. The molecule has 5 N–H and O–H groups in total. The summed E-state index contributed by atoms with van der Waals surface area (Å²) in [5.41, 5.74) is 8.14. The van der Waals surface area contributed by atoms with Gasteiger partial charge in [-0.25, -0.2) is 5.84 Å². The van der Waals surface area contributed by atoms with Crippen LogP contribution in [0.25, 0.3) is 5.70 Å². The Morgan fingerprint density at radius 3 is 2.39 bits per heavy atom. The molecular formula is C12H21BrN4O. The summed E-state index contributed by atoms with van der Waals surface area (Å²) in [4.78, 5) is 4.30. The molecule has 5 nitrogen and oxygen atoms in total. The smallest absolute Gasteiger partial charge is 0.0882 e. The summed E-state index contributed by atoms with van der Waals surface area (Å²) in [6.07, 6.45) is 0. The molecule has 1 heterocycles. The number of halogens is 1. The van der Waals surface area contributed by atoms with E-state index in [-0.39, 0.29) is 6.61 Å². The summed E-state index contributed by atoms with van der Waals surface area (Å²) in [6, 6.07) is 3.63. The van der Waals surface area contributed by atoms with Crippen molar-refractivity contribution in [2.24, 2.45) is 11.6 Å². The van der Waals surface area contributed by atoms with E-state index in [1.54, 1.807) is 13.1 Å². The van der Waals surface area contributed by atoms with E-state index in [4.69, 9.17) is 16.7 Å². The highest BCUT2D eigenvalue weighted by Gasteiger charge is 2.09. The third-order valence-electron chi connectivity index (χ3n) is 2.18. The SMILES string of the molecule is CC.Cc1nc(/C(N)=C(\CO)N(C)N)ccc1Br. The molecule has 0 aliphatic rings. The van der Waals surface area contributed by atoms with E-state index in [0.29, 0.717) is 17.1 Å². The average Bonchev–Trinajstić information content (AvgIpc) is 2.35. The van der Waals surface area contributed by atoms with Gasteiger partial charge in [0.2, 0.25) is 0 Å². The van der Waals surface area contributed by atoms with Crippen LogP contribution in [0.15, 0.2) is 22.3 Å². The molecule has 1 aromatic heterocycles. The van der Waals surface area contributed by atoms with Crippen molar-refractivity contribution in [1.29, 1.82) is 0 Å². The third-order valence-corrected chi connectivity index (χ3v) is 3.02. The topological polar surface area (TPSA) is 88.4 Å². The molecule has 0 bridgehead atoms. The minimum Gasteiger partial charge on any atom is -0.395 e. The van der Waals surface area contributed by atoms with Crippen molar-refractivity contribution in [3.8, 4) is 0 Å². The fraction of sp³-hybridized carbons (Fsp3) is 0.417. The molecular weight excluding hydrogens is 296 g/mol. The van der Waals surface area contributed by atoms with E-state index >= 15 is 0 Å². The highest BCUT2D eigenvalue weighted by atomic mass is 79.9. The van der Waals surface area contributed by atoms with Crippen molar-refractivity contribution in [1.82, 2.24) is 9.99 Å². The summed E-state index contributed by atoms with van der Waals surface area (Å²) in [6.45, 7) is 5.64. The number of aryl methyl sites for hydroxylation is 1. The zero-order chi connectivity index (χ0) is 14.3. The van der Waals surface area contributed by atoms with Gasteiger partial charge in [0.25, 0.3) is 0 Å². The van der Waals surface area contributed by atoms with Crippen molar-refractivity contribution in [3.63, 3.8) is 0 Å². The van der Waals surface area contributed by atoms with Gasteiger partial charge in [0.05, 0.1) is 29.4 Å². The van der Waals surface area contributed by atoms with Crippen LogP contribution in [0.3, 0.4) is 0 Å². The minimum atomic E-state index is -0.227. The molecule has 1 rings (SSSR count). The Bertz CT molecular complexity index is 419. The predicted molar refractivity (Wildman–Crippen MR) is 78.2 cm³/mol. The summed E-state index contributed by atoms with van der Waals surface area (Å²) >= 11 is 3.36. The lowest BCUT2D eigenvalue weighted by atomic mass is 10.2. The highest BCUT2D eigenvalue weighted by molar-refractivity contribution is 9.10. The summed E-state index contributed by atoms with van der Waals surface area (Å²) in [5.74, 6) is 5.55. The molecule has 0 atom stereocenters. The number of hydrogen-bond acceptors (Lipinski definition) is 5.